The topological polar surface area (TPSA) is 93.0 Å². The average molecular weight is 372 g/mol. The van der Waals surface area contributed by atoms with Gasteiger partial charge in [0.2, 0.25) is 5.91 Å². The molecule has 0 aromatic heterocycles. The molecule has 1 aromatic carbocycles. The number of benzene rings is 1. The summed E-state index contributed by atoms with van der Waals surface area (Å²) in [6.07, 6.45) is -7.22. The van der Waals surface area contributed by atoms with Crippen molar-refractivity contribution in [1.29, 1.82) is 0 Å². The van der Waals surface area contributed by atoms with Crippen LogP contribution in [0.1, 0.15) is 18.9 Å². The van der Waals surface area contributed by atoms with Crippen LogP contribution in [0.3, 0.4) is 0 Å². The number of nitrogens with zero attached hydrogens (tertiary/aromatic N) is 1. The molecule has 1 amide bonds. The van der Waals surface area contributed by atoms with Gasteiger partial charge in [-0.2, -0.15) is 0 Å². The zero-order valence-electron chi connectivity index (χ0n) is 14.6. The Balaban J connectivity index is 2.19. The number of likely N-dealkylation sites (tertiary alicyclic amines) is 1. The maximum atomic E-state index is 13.6. The third kappa shape index (κ3) is 4.56. The minimum absolute atomic E-state index is 0.0759. The van der Waals surface area contributed by atoms with E-state index in [4.69, 9.17) is 0 Å². The number of amides is 1. The van der Waals surface area contributed by atoms with E-state index in [9.17, 15) is 28.9 Å². The van der Waals surface area contributed by atoms with E-state index in [0.717, 1.165) is 10.5 Å². The molecule has 5 atom stereocenters. The van der Waals surface area contributed by atoms with Crippen molar-refractivity contribution in [1.82, 2.24) is 10.2 Å². The van der Waals surface area contributed by atoms with Crippen molar-refractivity contribution in [2.45, 2.75) is 56.6 Å². The number of nitrogens with one attached hydrogen (secondary N) is 1. The van der Waals surface area contributed by atoms with Gasteiger partial charge >= 0.3 is 0 Å². The van der Waals surface area contributed by atoms with E-state index in [2.05, 4.69) is 5.32 Å². The van der Waals surface area contributed by atoms with Gasteiger partial charge in [-0.1, -0.05) is 30.3 Å². The van der Waals surface area contributed by atoms with E-state index >= 15 is 0 Å². The molecule has 1 heterocycles. The standard InChI is InChI=1S/C18H26F2N2O4/c1-2-21-18(26)13-15(24)16(25)14(23)12(17(19)20)22(13)10-6-9-11-7-4-3-5-8-11/h3-5,7-8,12-17,23-25H,2,6,9-10H2,1H3,(H,21,26)/t12?,13-,14+,15+,16-/m0/s1. The maximum absolute atomic E-state index is 13.6. The Labute approximate surface area is 151 Å². The molecule has 1 aromatic rings. The monoisotopic (exact) mass is 372 g/mol. The maximum Gasteiger partial charge on any atom is 0.256 e. The molecule has 6 nitrogen and oxygen atoms in total. The minimum atomic E-state index is -2.97. The Kier molecular flexibility index (Phi) is 7.45. The van der Waals surface area contributed by atoms with Crippen LogP contribution in [-0.4, -0.2) is 76.0 Å². The van der Waals surface area contributed by atoms with Crippen molar-refractivity contribution in [3.8, 4) is 0 Å². The molecule has 146 valence electrons. The molecule has 0 saturated carbocycles. The van der Waals surface area contributed by atoms with Gasteiger partial charge in [0.05, 0.1) is 0 Å². The first-order valence-corrected chi connectivity index (χ1v) is 8.78. The van der Waals surface area contributed by atoms with Crippen LogP contribution in [0.5, 0.6) is 0 Å². The van der Waals surface area contributed by atoms with Gasteiger partial charge in [-0.25, -0.2) is 8.78 Å². The van der Waals surface area contributed by atoms with E-state index < -0.39 is 42.7 Å². The number of halogens is 2. The van der Waals surface area contributed by atoms with Crippen molar-refractivity contribution in [2.24, 2.45) is 0 Å². The van der Waals surface area contributed by atoms with Crippen LogP contribution in [0.15, 0.2) is 30.3 Å². The predicted molar refractivity (Wildman–Crippen MR) is 91.8 cm³/mol. The van der Waals surface area contributed by atoms with Crippen LogP contribution in [-0.2, 0) is 11.2 Å². The fourth-order valence-electron chi connectivity index (χ4n) is 3.45. The third-order valence-corrected chi connectivity index (χ3v) is 4.72. The highest BCUT2D eigenvalue weighted by atomic mass is 19.3. The van der Waals surface area contributed by atoms with Crippen molar-refractivity contribution >= 4 is 5.91 Å². The second-order valence-corrected chi connectivity index (χ2v) is 6.46. The van der Waals surface area contributed by atoms with Crippen LogP contribution in [0, 0.1) is 0 Å². The molecular weight excluding hydrogens is 346 g/mol. The Morgan fingerprint density at radius 2 is 1.81 bits per heavy atom. The quantitative estimate of drug-likeness (QED) is 0.547. The number of rotatable bonds is 7. The zero-order valence-corrected chi connectivity index (χ0v) is 14.6. The van der Waals surface area contributed by atoms with Crippen molar-refractivity contribution in [2.75, 3.05) is 13.1 Å². The number of carbonyl (C=O) groups is 1. The first-order chi connectivity index (χ1) is 12.4. The van der Waals surface area contributed by atoms with Gasteiger partial charge in [-0.3, -0.25) is 9.69 Å². The van der Waals surface area contributed by atoms with Crippen LogP contribution in [0.4, 0.5) is 8.78 Å². The number of hydrogen-bond donors (Lipinski definition) is 4. The summed E-state index contributed by atoms with van der Waals surface area (Å²) < 4.78 is 27.1. The highest BCUT2D eigenvalue weighted by molar-refractivity contribution is 5.82. The Morgan fingerprint density at radius 3 is 2.38 bits per heavy atom. The summed E-state index contributed by atoms with van der Waals surface area (Å²) in [6.45, 7) is 2.01. The van der Waals surface area contributed by atoms with E-state index in [-0.39, 0.29) is 13.1 Å². The highest BCUT2D eigenvalue weighted by Crippen LogP contribution is 2.29. The lowest BCUT2D eigenvalue weighted by atomic mass is 9.87. The first-order valence-electron chi connectivity index (χ1n) is 8.78. The Hall–Kier alpha value is -1.61. The summed E-state index contributed by atoms with van der Waals surface area (Å²) in [4.78, 5) is 13.4. The lowest BCUT2D eigenvalue weighted by Crippen LogP contribution is -2.71. The molecule has 1 aliphatic heterocycles. The first kappa shape index (κ1) is 20.7. The van der Waals surface area contributed by atoms with Crippen LogP contribution >= 0.6 is 0 Å². The van der Waals surface area contributed by atoms with E-state index in [1.807, 2.05) is 30.3 Å². The molecule has 1 saturated heterocycles. The molecular formula is C18H26F2N2O4. The summed E-state index contributed by atoms with van der Waals surface area (Å²) in [5.41, 5.74) is 1.02. The number of hydrogen-bond acceptors (Lipinski definition) is 5. The van der Waals surface area contributed by atoms with Gasteiger partial charge in [-0.15, -0.1) is 0 Å². The minimum Gasteiger partial charge on any atom is -0.388 e. The number of aryl methyl sites for hydroxylation is 1. The normalized spacial score (nSPS) is 29.7. The molecule has 0 aliphatic carbocycles. The number of piperidine rings is 1. The van der Waals surface area contributed by atoms with Gasteiger partial charge < -0.3 is 20.6 Å². The number of aliphatic hydroxyl groups excluding tert-OH is 3. The van der Waals surface area contributed by atoms with Crippen molar-refractivity contribution in [3.63, 3.8) is 0 Å². The number of aliphatic hydroxyl groups is 3. The van der Waals surface area contributed by atoms with E-state index in [1.54, 1.807) is 6.92 Å². The summed E-state index contributed by atoms with van der Waals surface area (Å²) in [5, 5.41) is 32.7. The molecule has 26 heavy (non-hydrogen) atoms. The van der Waals surface area contributed by atoms with Crippen LogP contribution in [0.2, 0.25) is 0 Å². The lowest BCUT2D eigenvalue weighted by molar-refractivity contribution is -0.192. The summed E-state index contributed by atoms with van der Waals surface area (Å²) >= 11 is 0. The average Bonchev–Trinajstić information content (AvgIpc) is 2.60. The van der Waals surface area contributed by atoms with Gasteiger partial charge in [-0.05, 0) is 31.9 Å². The zero-order chi connectivity index (χ0) is 19.3. The number of carbonyl (C=O) groups excluding carboxylic acids is 1. The molecule has 2 rings (SSSR count). The van der Waals surface area contributed by atoms with Gasteiger partial charge in [0.15, 0.2) is 0 Å². The molecule has 0 radical (unpaired) electrons. The number of likely N-dealkylation sites (N-methyl/N-ethyl adjacent to an activating group) is 1. The Bertz CT molecular complexity index is 576. The lowest BCUT2D eigenvalue weighted by Gasteiger charge is -2.48. The fraction of sp³-hybridized carbons (Fsp3) is 0.611. The van der Waals surface area contributed by atoms with Crippen molar-refractivity contribution in [3.05, 3.63) is 35.9 Å². The third-order valence-electron chi connectivity index (χ3n) is 4.72. The molecule has 1 fully saturated rings. The smallest absolute Gasteiger partial charge is 0.256 e. The van der Waals surface area contributed by atoms with Crippen LogP contribution < -0.4 is 5.32 Å². The molecule has 4 N–H and O–H groups in total. The van der Waals surface area contributed by atoms with E-state index in [0.29, 0.717) is 12.8 Å². The number of alkyl halides is 2. The summed E-state index contributed by atoms with van der Waals surface area (Å²) in [5.74, 6) is -0.642. The van der Waals surface area contributed by atoms with Crippen molar-refractivity contribution < 1.29 is 28.9 Å². The predicted octanol–water partition coefficient (Wildman–Crippen LogP) is 0.156. The van der Waals surface area contributed by atoms with E-state index in [1.165, 1.54) is 0 Å². The molecule has 8 heteroatoms. The van der Waals surface area contributed by atoms with Crippen LogP contribution in [0.25, 0.3) is 0 Å². The second-order valence-electron chi connectivity index (χ2n) is 6.46. The summed E-state index contributed by atoms with van der Waals surface area (Å²) in [7, 11) is 0. The molecule has 1 unspecified atom stereocenters. The molecule has 1 aliphatic rings. The summed E-state index contributed by atoms with van der Waals surface area (Å²) in [6, 6.07) is 6.38. The largest absolute Gasteiger partial charge is 0.388 e. The fourth-order valence-corrected chi connectivity index (χ4v) is 3.45. The molecule has 0 bridgehead atoms. The SMILES string of the molecule is CCNC(=O)[C@@H]1[C@@H](O)[C@@H](O)[C@H](O)C(C(F)F)N1CCCc1ccccc1. The van der Waals surface area contributed by atoms with Gasteiger partial charge in [0.1, 0.15) is 30.4 Å². The second kappa shape index (κ2) is 9.36. The highest BCUT2D eigenvalue weighted by Gasteiger charge is 2.53. The van der Waals surface area contributed by atoms with Gasteiger partial charge in [0, 0.05) is 6.54 Å². The molecule has 0 spiro atoms. The Morgan fingerprint density at radius 1 is 1.15 bits per heavy atom. The van der Waals surface area contributed by atoms with Gasteiger partial charge in [0.25, 0.3) is 6.43 Å².